The van der Waals surface area contributed by atoms with Crippen LogP contribution in [0, 0.1) is 12.7 Å². The molecule has 0 fully saturated rings. The van der Waals surface area contributed by atoms with Crippen LogP contribution in [0.2, 0.25) is 0 Å². The van der Waals surface area contributed by atoms with Gasteiger partial charge < -0.3 is 15.5 Å². The molecule has 0 atom stereocenters. The number of anilines is 4. The van der Waals surface area contributed by atoms with Crippen LogP contribution in [-0.2, 0) is 7.05 Å². The Morgan fingerprint density at radius 3 is 2.29 bits per heavy atom. The second kappa shape index (κ2) is 10.3. The van der Waals surface area contributed by atoms with Crippen molar-refractivity contribution < 1.29 is 9.18 Å². The van der Waals surface area contributed by atoms with Crippen LogP contribution < -0.4 is 15.5 Å². The second-order valence-corrected chi connectivity index (χ2v) is 8.07. The molecule has 0 radical (unpaired) electrons. The minimum Gasteiger partial charge on any atom is -0.357 e. The molecule has 2 N–H and O–H groups in total. The Balaban J connectivity index is 1.45. The summed E-state index contributed by atoms with van der Waals surface area (Å²) in [4.78, 5) is 24.1. The highest BCUT2D eigenvalue weighted by molar-refractivity contribution is 6.03. The fraction of sp³-hybridized carbons (Fsp3) is 0.231. The van der Waals surface area contributed by atoms with Crippen molar-refractivity contribution >= 4 is 29.0 Å². The Hall–Kier alpha value is -4.27. The van der Waals surface area contributed by atoms with E-state index in [-0.39, 0.29) is 11.7 Å². The highest BCUT2D eigenvalue weighted by Gasteiger charge is 2.15. The van der Waals surface area contributed by atoms with Gasteiger partial charge in [-0.05, 0) is 75.4 Å². The van der Waals surface area contributed by atoms with Crippen LogP contribution >= 0.6 is 0 Å². The highest BCUT2D eigenvalue weighted by atomic mass is 19.1. The van der Waals surface area contributed by atoms with Crippen LogP contribution in [0.1, 0.15) is 30.0 Å². The fourth-order valence-corrected chi connectivity index (χ4v) is 3.72. The maximum Gasteiger partial charge on any atom is 0.273 e. The Morgan fingerprint density at radius 1 is 0.971 bits per heavy atom. The highest BCUT2D eigenvalue weighted by Crippen LogP contribution is 2.22. The van der Waals surface area contributed by atoms with Crippen molar-refractivity contribution in [1.82, 2.24) is 19.7 Å². The lowest BCUT2D eigenvalue weighted by Gasteiger charge is -2.20. The average Bonchev–Trinajstić information content (AvgIpc) is 3.23. The number of nitrogens with one attached hydrogen (secondary N) is 2. The summed E-state index contributed by atoms with van der Waals surface area (Å²) in [6.45, 7) is 7.86. The van der Waals surface area contributed by atoms with Crippen LogP contribution in [0.5, 0.6) is 0 Å². The van der Waals surface area contributed by atoms with Crippen molar-refractivity contribution in [2.75, 3.05) is 28.6 Å². The topological polar surface area (TPSA) is 88.0 Å². The maximum atomic E-state index is 13.2. The summed E-state index contributed by atoms with van der Waals surface area (Å²) in [6.07, 6.45) is 0. The van der Waals surface area contributed by atoms with E-state index >= 15 is 0 Å². The molecular formula is C26H28FN7O. The minimum absolute atomic E-state index is 0.292. The molecule has 0 spiro atoms. The van der Waals surface area contributed by atoms with Gasteiger partial charge >= 0.3 is 0 Å². The van der Waals surface area contributed by atoms with Gasteiger partial charge in [0.1, 0.15) is 17.3 Å². The van der Waals surface area contributed by atoms with E-state index in [1.807, 2.05) is 25.1 Å². The van der Waals surface area contributed by atoms with Crippen LogP contribution in [0.25, 0.3) is 11.3 Å². The average molecular weight is 474 g/mol. The molecule has 8 nitrogen and oxygen atoms in total. The largest absolute Gasteiger partial charge is 0.357 e. The summed E-state index contributed by atoms with van der Waals surface area (Å²) < 4.78 is 14.7. The molecule has 2 aromatic carbocycles. The molecule has 0 aliphatic carbocycles. The Morgan fingerprint density at radius 2 is 1.63 bits per heavy atom. The SMILES string of the molecule is CCN(CC)c1cc(C)nc(Nc2ccc(NC(=O)c3cc(-c4ccc(F)cc4)nn3C)cc2)n1. The quantitative estimate of drug-likeness (QED) is 0.367. The third-order valence-electron chi connectivity index (χ3n) is 5.58. The smallest absolute Gasteiger partial charge is 0.273 e. The van der Waals surface area contributed by atoms with Crippen LogP contribution in [0.3, 0.4) is 0 Å². The van der Waals surface area contributed by atoms with Crippen molar-refractivity contribution in [2.24, 2.45) is 7.05 Å². The molecule has 0 aliphatic rings. The summed E-state index contributed by atoms with van der Waals surface area (Å²) in [5.41, 5.74) is 4.05. The molecule has 0 unspecified atom stereocenters. The first-order chi connectivity index (χ1) is 16.9. The van der Waals surface area contributed by atoms with Gasteiger partial charge in [-0.3, -0.25) is 9.48 Å². The number of hydrogen-bond donors (Lipinski definition) is 2. The zero-order valence-corrected chi connectivity index (χ0v) is 20.2. The predicted molar refractivity (Wildman–Crippen MR) is 137 cm³/mol. The summed E-state index contributed by atoms with van der Waals surface area (Å²) in [5.74, 6) is 0.788. The first kappa shape index (κ1) is 23.9. The number of rotatable bonds is 8. The third-order valence-corrected chi connectivity index (χ3v) is 5.58. The van der Waals surface area contributed by atoms with E-state index in [1.165, 1.54) is 16.8 Å². The number of benzene rings is 2. The van der Waals surface area contributed by atoms with Crippen molar-refractivity contribution in [2.45, 2.75) is 20.8 Å². The van der Waals surface area contributed by atoms with E-state index in [0.717, 1.165) is 35.9 Å². The number of carbonyl (C=O) groups excluding carboxylic acids is 1. The number of amides is 1. The predicted octanol–water partition coefficient (Wildman–Crippen LogP) is 5.17. The van der Waals surface area contributed by atoms with E-state index in [9.17, 15) is 9.18 Å². The normalized spacial score (nSPS) is 10.8. The van der Waals surface area contributed by atoms with Gasteiger partial charge in [-0.1, -0.05) is 0 Å². The molecule has 4 aromatic rings. The van der Waals surface area contributed by atoms with Gasteiger partial charge in [0.05, 0.1) is 5.69 Å². The lowest BCUT2D eigenvalue weighted by molar-refractivity contribution is 0.101. The van der Waals surface area contributed by atoms with Crippen LogP contribution in [-0.4, -0.2) is 38.7 Å². The van der Waals surface area contributed by atoms with Crippen LogP contribution in [0.4, 0.5) is 27.5 Å². The molecule has 0 bridgehead atoms. The van der Waals surface area contributed by atoms with Gasteiger partial charge in [0, 0.05) is 48.8 Å². The van der Waals surface area contributed by atoms with Crippen LogP contribution in [0.15, 0.2) is 60.7 Å². The van der Waals surface area contributed by atoms with Gasteiger partial charge in [0.15, 0.2) is 0 Å². The first-order valence-electron chi connectivity index (χ1n) is 11.4. The molecule has 2 heterocycles. The molecule has 0 saturated heterocycles. The second-order valence-electron chi connectivity index (χ2n) is 8.07. The molecule has 2 aromatic heterocycles. The molecule has 9 heteroatoms. The number of carbonyl (C=O) groups is 1. The maximum absolute atomic E-state index is 13.2. The summed E-state index contributed by atoms with van der Waals surface area (Å²) >= 11 is 0. The first-order valence-corrected chi connectivity index (χ1v) is 11.4. The number of aromatic nitrogens is 4. The number of hydrogen-bond acceptors (Lipinski definition) is 6. The Bertz CT molecular complexity index is 1310. The molecule has 0 aliphatic heterocycles. The minimum atomic E-state index is -0.320. The van der Waals surface area contributed by atoms with Gasteiger partial charge in [0.2, 0.25) is 5.95 Å². The van der Waals surface area contributed by atoms with E-state index in [1.54, 1.807) is 37.4 Å². The zero-order chi connectivity index (χ0) is 24.9. The monoisotopic (exact) mass is 473 g/mol. The molecule has 0 saturated carbocycles. The van der Waals surface area contributed by atoms with E-state index < -0.39 is 0 Å². The Kier molecular flexibility index (Phi) is 7.05. The van der Waals surface area contributed by atoms with Crippen molar-refractivity contribution in [3.8, 4) is 11.3 Å². The molecule has 1 amide bonds. The number of nitrogens with zero attached hydrogens (tertiary/aromatic N) is 5. The van der Waals surface area contributed by atoms with E-state index in [4.69, 9.17) is 0 Å². The van der Waals surface area contributed by atoms with E-state index in [0.29, 0.717) is 23.0 Å². The fourth-order valence-electron chi connectivity index (χ4n) is 3.72. The summed E-state index contributed by atoms with van der Waals surface area (Å²) in [5, 5.41) is 10.5. The molecule has 35 heavy (non-hydrogen) atoms. The number of halogens is 1. The molecular weight excluding hydrogens is 445 g/mol. The molecule has 180 valence electrons. The number of aryl methyl sites for hydroxylation is 2. The van der Waals surface area contributed by atoms with Gasteiger partial charge in [-0.2, -0.15) is 10.1 Å². The lowest BCUT2D eigenvalue weighted by Crippen LogP contribution is -2.23. The van der Waals surface area contributed by atoms with E-state index in [2.05, 4.69) is 44.4 Å². The van der Waals surface area contributed by atoms with Crippen molar-refractivity contribution in [1.29, 1.82) is 0 Å². The van der Waals surface area contributed by atoms with Crippen molar-refractivity contribution in [3.63, 3.8) is 0 Å². The molecule has 4 rings (SSSR count). The van der Waals surface area contributed by atoms with Gasteiger partial charge in [0.25, 0.3) is 5.91 Å². The van der Waals surface area contributed by atoms with Crippen molar-refractivity contribution in [3.05, 3.63) is 77.9 Å². The van der Waals surface area contributed by atoms with Gasteiger partial charge in [-0.25, -0.2) is 9.37 Å². The third kappa shape index (κ3) is 5.63. The summed E-state index contributed by atoms with van der Waals surface area (Å²) in [6, 6.07) is 17.0. The Labute approximate surface area is 203 Å². The zero-order valence-electron chi connectivity index (χ0n) is 20.2. The summed E-state index contributed by atoms with van der Waals surface area (Å²) in [7, 11) is 1.70. The lowest BCUT2D eigenvalue weighted by atomic mass is 10.1. The standard InChI is InChI=1S/C26H28FN7O/c1-5-34(6-2)24-15-17(3)28-26(31-24)30-21-13-11-20(12-14-21)29-25(35)23-16-22(32-33(23)4)18-7-9-19(27)10-8-18/h7-16H,5-6H2,1-4H3,(H,29,35)(H,28,30,31). The van der Waals surface area contributed by atoms with Gasteiger partial charge in [-0.15, -0.1) is 0 Å².